The third kappa shape index (κ3) is 6.07. The maximum absolute atomic E-state index is 12.0. The third-order valence-corrected chi connectivity index (χ3v) is 3.53. The van der Waals surface area contributed by atoms with Gasteiger partial charge in [0.1, 0.15) is 11.6 Å². The molecule has 0 bridgehead atoms. The summed E-state index contributed by atoms with van der Waals surface area (Å²) in [6, 6.07) is 11.7. The molecule has 1 aliphatic rings. The lowest BCUT2D eigenvalue weighted by Crippen LogP contribution is -2.41. The fourth-order valence-corrected chi connectivity index (χ4v) is 2.23. The minimum atomic E-state index is -0.335. The van der Waals surface area contributed by atoms with E-state index in [0.29, 0.717) is 6.54 Å². The summed E-state index contributed by atoms with van der Waals surface area (Å²) in [5, 5.41) is 11.9. The lowest BCUT2D eigenvalue weighted by Gasteiger charge is -2.26. The number of amides is 1. The monoisotopic (exact) mass is 311 g/mol. The van der Waals surface area contributed by atoms with E-state index in [1.807, 2.05) is 42.5 Å². The second-order valence-electron chi connectivity index (χ2n) is 5.17. The summed E-state index contributed by atoms with van der Waals surface area (Å²) in [6.07, 6.45) is 5.12. The SMILES string of the molecule is N#CC(=CC=Cc1ccccc1)C(=O)NCCN1CCOCC1. The highest BCUT2D eigenvalue weighted by Gasteiger charge is 2.11. The molecule has 0 saturated carbocycles. The number of nitrogens with one attached hydrogen (secondary N) is 1. The Morgan fingerprint density at radius 1 is 1.30 bits per heavy atom. The number of carbonyl (C=O) groups is 1. The topological polar surface area (TPSA) is 65.4 Å². The number of nitrogens with zero attached hydrogens (tertiary/aromatic N) is 2. The van der Waals surface area contributed by atoms with Gasteiger partial charge < -0.3 is 10.1 Å². The molecular weight excluding hydrogens is 290 g/mol. The van der Waals surface area contributed by atoms with E-state index >= 15 is 0 Å². The van der Waals surface area contributed by atoms with Gasteiger partial charge in [0.2, 0.25) is 0 Å². The molecule has 23 heavy (non-hydrogen) atoms. The molecule has 5 nitrogen and oxygen atoms in total. The quantitative estimate of drug-likeness (QED) is 0.492. The van der Waals surface area contributed by atoms with Crippen LogP contribution in [0.15, 0.2) is 48.1 Å². The van der Waals surface area contributed by atoms with Crippen molar-refractivity contribution < 1.29 is 9.53 Å². The first-order valence-corrected chi connectivity index (χ1v) is 7.71. The predicted molar refractivity (Wildman–Crippen MR) is 89.4 cm³/mol. The highest BCUT2D eigenvalue weighted by Crippen LogP contribution is 2.02. The Hall–Kier alpha value is -2.42. The Morgan fingerprint density at radius 3 is 2.74 bits per heavy atom. The van der Waals surface area contributed by atoms with Crippen LogP contribution in [0.1, 0.15) is 5.56 Å². The van der Waals surface area contributed by atoms with Gasteiger partial charge >= 0.3 is 0 Å². The van der Waals surface area contributed by atoms with E-state index in [2.05, 4.69) is 10.2 Å². The lowest BCUT2D eigenvalue weighted by molar-refractivity contribution is -0.117. The molecule has 0 unspecified atom stereocenters. The Morgan fingerprint density at radius 2 is 2.04 bits per heavy atom. The van der Waals surface area contributed by atoms with Crippen molar-refractivity contribution in [3.8, 4) is 6.07 Å². The van der Waals surface area contributed by atoms with Crippen molar-refractivity contribution in [2.24, 2.45) is 0 Å². The van der Waals surface area contributed by atoms with Gasteiger partial charge in [-0.3, -0.25) is 9.69 Å². The zero-order valence-electron chi connectivity index (χ0n) is 13.1. The summed E-state index contributed by atoms with van der Waals surface area (Å²) in [4.78, 5) is 14.2. The molecular formula is C18H21N3O2. The van der Waals surface area contributed by atoms with E-state index in [0.717, 1.165) is 38.4 Å². The lowest BCUT2D eigenvalue weighted by atomic mass is 10.2. The van der Waals surface area contributed by atoms with E-state index in [4.69, 9.17) is 10.00 Å². The van der Waals surface area contributed by atoms with Gasteiger partial charge in [0, 0.05) is 26.2 Å². The molecule has 1 aromatic carbocycles. The molecule has 1 heterocycles. The number of rotatable bonds is 6. The predicted octanol–water partition coefficient (Wildman–Crippen LogP) is 1.60. The number of ether oxygens (including phenoxy) is 1. The second kappa shape index (κ2) is 9.57. The Kier molecular flexibility index (Phi) is 7.05. The molecule has 1 saturated heterocycles. The minimum Gasteiger partial charge on any atom is -0.379 e. The fourth-order valence-electron chi connectivity index (χ4n) is 2.23. The van der Waals surface area contributed by atoms with Crippen LogP contribution in [-0.4, -0.2) is 50.2 Å². The molecule has 0 atom stereocenters. The van der Waals surface area contributed by atoms with Crippen LogP contribution >= 0.6 is 0 Å². The third-order valence-electron chi connectivity index (χ3n) is 3.53. The summed E-state index contributed by atoms with van der Waals surface area (Å²) >= 11 is 0. The van der Waals surface area contributed by atoms with Crippen LogP contribution in [0.5, 0.6) is 0 Å². The first-order valence-electron chi connectivity index (χ1n) is 7.71. The molecule has 1 amide bonds. The number of benzene rings is 1. The number of allylic oxidation sites excluding steroid dienone is 2. The largest absolute Gasteiger partial charge is 0.379 e. The summed E-state index contributed by atoms with van der Waals surface area (Å²) < 4.78 is 5.27. The first kappa shape index (κ1) is 16.9. The molecule has 1 aromatic rings. The molecule has 0 spiro atoms. The summed E-state index contributed by atoms with van der Waals surface area (Å²) in [6.45, 7) is 4.55. The molecule has 1 aliphatic heterocycles. The molecule has 0 radical (unpaired) electrons. The number of morpholine rings is 1. The van der Waals surface area contributed by atoms with E-state index < -0.39 is 0 Å². The molecule has 1 N–H and O–H groups in total. The maximum atomic E-state index is 12.0. The van der Waals surface area contributed by atoms with Crippen LogP contribution in [-0.2, 0) is 9.53 Å². The molecule has 5 heteroatoms. The molecule has 1 fully saturated rings. The first-order chi connectivity index (χ1) is 11.3. The Bertz CT molecular complexity index is 596. The van der Waals surface area contributed by atoms with E-state index in [1.165, 1.54) is 6.08 Å². The van der Waals surface area contributed by atoms with Gasteiger partial charge in [-0.25, -0.2) is 0 Å². The molecule has 0 aromatic heterocycles. The fraction of sp³-hybridized carbons (Fsp3) is 0.333. The average molecular weight is 311 g/mol. The summed E-state index contributed by atoms with van der Waals surface area (Å²) in [5.41, 5.74) is 1.13. The van der Waals surface area contributed by atoms with Crippen molar-refractivity contribution >= 4 is 12.0 Å². The van der Waals surface area contributed by atoms with Crippen LogP contribution in [0.2, 0.25) is 0 Å². The van der Waals surface area contributed by atoms with Gasteiger partial charge in [-0.15, -0.1) is 0 Å². The van der Waals surface area contributed by atoms with Gasteiger partial charge in [-0.2, -0.15) is 5.26 Å². The molecule has 120 valence electrons. The summed E-state index contributed by atoms with van der Waals surface area (Å²) in [7, 11) is 0. The van der Waals surface area contributed by atoms with E-state index in [-0.39, 0.29) is 11.5 Å². The van der Waals surface area contributed by atoms with Crippen molar-refractivity contribution in [1.82, 2.24) is 10.2 Å². The van der Waals surface area contributed by atoms with E-state index in [1.54, 1.807) is 6.08 Å². The van der Waals surface area contributed by atoms with Crippen LogP contribution in [0.25, 0.3) is 6.08 Å². The van der Waals surface area contributed by atoms with Crippen LogP contribution in [0.3, 0.4) is 0 Å². The highest BCUT2D eigenvalue weighted by molar-refractivity contribution is 5.97. The summed E-state index contributed by atoms with van der Waals surface area (Å²) in [5.74, 6) is -0.335. The second-order valence-corrected chi connectivity index (χ2v) is 5.17. The van der Waals surface area contributed by atoms with Crippen molar-refractivity contribution in [2.75, 3.05) is 39.4 Å². The number of nitriles is 1. The van der Waals surface area contributed by atoms with Crippen molar-refractivity contribution in [3.63, 3.8) is 0 Å². The van der Waals surface area contributed by atoms with Crippen molar-refractivity contribution in [1.29, 1.82) is 5.26 Å². The number of hydrogen-bond acceptors (Lipinski definition) is 4. The minimum absolute atomic E-state index is 0.110. The zero-order chi connectivity index (χ0) is 16.3. The van der Waals surface area contributed by atoms with Gasteiger partial charge in [0.25, 0.3) is 5.91 Å². The maximum Gasteiger partial charge on any atom is 0.261 e. The number of hydrogen-bond donors (Lipinski definition) is 1. The normalized spacial score (nSPS) is 16.2. The van der Waals surface area contributed by atoms with Crippen LogP contribution in [0, 0.1) is 11.3 Å². The smallest absolute Gasteiger partial charge is 0.261 e. The average Bonchev–Trinajstić information content (AvgIpc) is 2.60. The van der Waals surface area contributed by atoms with Gasteiger partial charge in [0.15, 0.2) is 0 Å². The molecule has 2 rings (SSSR count). The zero-order valence-corrected chi connectivity index (χ0v) is 13.1. The van der Waals surface area contributed by atoms with E-state index in [9.17, 15) is 4.79 Å². The number of carbonyl (C=O) groups excluding carboxylic acids is 1. The van der Waals surface area contributed by atoms with Crippen molar-refractivity contribution in [3.05, 3.63) is 53.6 Å². The van der Waals surface area contributed by atoms with Gasteiger partial charge in [-0.1, -0.05) is 42.5 Å². The van der Waals surface area contributed by atoms with Gasteiger partial charge in [-0.05, 0) is 11.6 Å². The standard InChI is InChI=1S/C18H21N3O2/c19-15-17(8-4-7-16-5-2-1-3-6-16)18(22)20-9-10-21-11-13-23-14-12-21/h1-8H,9-14H2,(H,20,22). The van der Waals surface area contributed by atoms with Crippen LogP contribution < -0.4 is 5.32 Å². The van der Waals surface area contributed by atoms with Gasteiger partial charge in [0.05, 0.1) is 13.2 Å². The Balaban J connectivity index is 1.79. The Labute approximate surface area is 136 Å². The highest BCUT2D eigenvalue weighted by atomic mass is 16.5. The molecule has 0 aliphatic carbocycles. The van der Waals surface area contributed by atoms with Crippen LogP contribution in [0.4, 0.5) is 0 Å². The van der Waals surface area contributed by atoms with Crippen molar-refractivity contribution in [2.45, 2.75) is 0 Å².